The molecule has 0 saturated heterocycles. The second-order valence-corrected chi connectivity index (χ2v) is 7.97. The van der Waals surface area contributed by atoms with Crippen LogP contribution in [0, 0.1) is 0 Å². The molecule has 1 aromatic carbocycles. The second kappa shape index (κ2) is 7.69. The number of benzene rings is 1. The van der Waals surface area contributed by atoms with E-state index in [-0.39, 0.29) is 23.5 Å². The molecule has 1 atom stereocenters. The first-order valence-electron chi connectivity index (χ1n) is 8.58. The summed E-state index contributed by atoms with van der Waals surface area (Å²) in [6.45, 7) is 2.14. The minimum Gasteiger partial charge on any atom is -0.465 e. The Labute approximate surface area is 163 Å². The number of oxazole rings is 1. The molecule has 1 aliphatic rings. The molecule has 1 aliphatic carbocycles. The lowest BCUT2D eigenvalue weighted by Crippen LogP contribution is -2.16. The van der Waals surface area contributed by atoms with E-state index in [1.54, 1.807) is 6.92 Å². The maximum atomic E-state index is 12.2. The van der Waals surface area contributed by atoms with Gasteiger partial charge in [0.2, 0.25) is 5.91 Å². The van der Waals surface area contributed by atoms with E-state index in [0.29, 0.717) is 22.5 Å². The largest absolute Gasteiger partial charge is 0.465 e. The number of hydrogen-bond donors (Lipinski definition) is 1. The van der Waals surface area contributed by atoms with Gasteiger partial charge in [-0.15, -0.1) is 11.3 Å². The van der Waals surface area contributed by atoms with Crippen molar-refractivity contribution >= 4 is 51.2 Å². The average Bonchev–Trinajstić information content (AvgIpc) is 3.33. The molecule has 0 saturated carbocycles. The standard InChI is InChI=1S/C18H17N3O4S2/c1-2-24-16(23)10-7-8-13-15(10)21-17(27-13)20-14(22)9-26-18-19-11-5-3-4-6-12(11)25-18/h3-6,10H,2,7-9H2,1H3,(H,20,21,22)/t10-/m1/s1. The van der Waals surface area contributed by atoms with E-state index in [1.807, 2.05) is 24.3 Å². The van der Waals surface area contributed by atoms with Gasteiger partial charge in [0.05, 0.1) is 18.1 Å². The molecule has 27 heavy (non-hydrogen) atoms. The summed E-state index contributed by atoms with van der Waals surface area (Å²) in [7, 11) is 0. The number of thioether (sulfide) groups is 1. The summed E-state index contributed by atoms with van der Waals surface area (Å²) in [6, 6.07) is 7.46. The summed E-state index contributed by atoms with van der Waals surface area (Å²) in [5.41, 5.74) is 2.20. The van der Waals surface area contributed by atoms with Crippen molar-refractivity contribution in [1.29, 1.82) is 0 Å². The molecule has 0 spiro atoms. The molecule has 4 rings (SSSR count). The summed E-state index contributed by atoms with van der Waals surface area (Å²) in [5, 5.41) is 3.76. The summed E-state index contributed by atoms with van der Waals surface area (Å²) >= 11 is 2.65. The van der Waals surface area contributed by atoms with Gasteiger partial charge in [0.25, 0.3) is 5.22 Å². The summed E-state index contributed by atoms with van der Waals surface area (Å²) in [4.78, 5) is 34.0. The van der Waals surface area contributed by atoms with Crippen LogP contribution >= 0.6 is 23.1 Å². The van der Waals surface area contributed by atoms with Crippen LogP contribution in [-0.2, 0) is 20.7 Å². The Kier molecular flexibility index (Phi) is 5.13. The van der Waals surface area contributed by atoms with Crippen LogP contribution in [0.15, 0.2) is 33.9 Å². The van der Waals surface area contributed by atoms with E-state index in [9.17, 15) is 9.59 Å². The van der Waals surface area contributed by atoms with Crippen LogP contribution in [0.2, 0.25) is 0 Å². The number of fused-ring (bicyclic) bond motifs is 2. The van der Waals surface area contributed by atoms with Gasteiger partial charge in [-0.2, -0.15) is 0 Å². The van der Waals surface area contributed by atoms with Gasteiger partial charge in [-0.25, -0.2) is 9.97 Å². The van der Waals surface area contributed by atoms with Crippen molar-refractivity contribution in [2.24, 2.45) is 0 Å². The molecule has 1 amide bonds. The van der Waals surface area contributed by atoms with E-state index in [1.165, 1.54) is 23.1 Å². The van der Waals surface area contributed by atoms with E-state index in [0.717, 1.165) is 28.9 Å². The third-order valence-corrected chi connectivity index (χ3v) is 6.01. The van der Waals surface area contributed by atoms with Crippen LogP contribution in [0.3, 0.4) is 0 Å². The van der Waals surface area contributed by atoms with Gasteiger partial charge in [-0.05, 0) is 31.9 Å². The van der Waals surface area contributed by atoms with E-state index >= 15 is 0 Å². The number of hydrogen-bond acceptors (Lipinski definition) is 8. The molecular formula is C18H17N3O4S2. The molecule has 7 nitrogen and oxygen atoms in total. The number of rotatable bonds is 6. The Morgan fingerprint density at radius 3 is 3.04 bits per heavy atom. The number of nitrogens with zero attached hydrogens (tertiary/aromatic N) is 2. The lowest BCUT2D eigenvalue weighted by Gasteiger charge is -2.07. The molecule has 1 N–H and O–H groups in total. The Balaban J connectivity index is 1.36. The van der Waals surface area contributed by atoms with Crippen LogP contribution in [0.25, 0.3) is 11.1 Å². The smallest absolute Gasteiger partial charge is 0.315 e. The van der Waals surface area contributed by atoms with Crippen LogP contribution in [0.4, 0.5) is 5.13 Å². The number of carbonyl (C=O) groups excluding carboxylic acids is 2. The highest BCUT2D eigenvalue weighted by Crippen LogP contribution is 2.39. The van der Waals surface area contributed by atoms with Crippen molar-refractivity contribution in [2.75, 3.05) is 17.7 Å². The van der Waals surface area contributed by atoms with Crippen molar-refractivity contribution in [3.05, 3.63) is 34.8 Å². The predicted molar refractivity (Wildman–Crippen MR) is 103 cm³/mol. The number of ether oxygens (including phenoxy) is 1. The highest BCUT2D eigenvalue weighted by molar-refractivity contribution is 7.99. The third-order valence-electron chi connectivity index (χ3n) is 4.14. The number of aryl methyl sites for hydroxylation is 1. The zero-order valence-electron chi connectivity index (χ0n) is 14.6. The van der Waals surface area contributed by atoms with Gasteiger partial charge in [0.1, 0.15) is 11.4 Å². The van der Waals surface area contributed by atoms with Crippen LogP contribution in [-0.4, -0.2) is 34.2 Å². The highest BCUT2D eigenvalue weighted by Gasteiger charge is 2.33. The van der Waals surface area contributed by atoms with Gasteiger partial charge in [0, 0.05) is 4.88 Å². The predicted octanol–water partition coefficient (Wildman–Crippen LogP) is 3.61. The summed E-state index contributed by atoms with van der Waals surface area (Å²) in [5.74, 6) is -0.595. The van der Waals surface area contributed by atoms with Gasteiger partial charge in [-0.3, -0.25) is 9.59 Å². The van der Waals surface area contributed by atoms with Crippen molar-refractivity contribution in [1.82, 2.24) is 9.97 Å². The third kappa shape index (κ3) is 3.84. The number of thiazole rings is 1. The van der Waals surface area contributed by atoms with Gasteiger partial charge in [-0.1, -0.05) is 23.9 Å². The molecule has 140 valence electrons. The second-order valence-electron chi connectivity index (χ2n) is 5.96. The lowest BCUT2D eigenvalue weighted by molar-refractivity contribution is -0.145. The first-order chi connectivity index (χ1) is 13.1. The first kappa shape index (κ1) is 18.0. The zero-order chi connectivity index (χ0) is 18.8. The summed E-state index contributed by atoms with van der Waals surface area (Å²) < 4.78 is 10.7. The molecular weight excluding hydrogens is 386 g/mol. The van der Waals surface area contributed by atoms with E-state index in [2.05, 4.69) is 15.3 Å². The normalized spacial score (nSPS) is 15.7. The highest BCUT2D eigenvalue weighted by atomic mass is 32.2. The maximum Gasteiger partial charge on any atom is 0.315 e. The lowest BCUT2D eigenvalue weighted by atomic mass is 10.1. The SMILES string of the molecule is CCOC(=O)[C@@H]1CCc2sc(NC(=O)CSc3nc4ccccc4o3)nc21. The molecule has 0 aliphatic heterocycles. The Morgan fingerprint density at radius 1 is 1.37 bits per heavy atom. The van der Waals surface area contributed by atoms with E-state index in [4.69, 9.17) is 9.15 Å². The first-order valence-corrected chi connectivity index (χ1v) is 10.4. The van der Waals surface area contributed by atoms with Crippen LogP contribution in [0.1, 0.15) is 29.8 Å². The van der Waals surface area contributed by atoms with E-state index < -0.39 is 0 Å². The van der Waals surface area contributed by atoms with Gasteiger partial charge < -0.3 is 14.5 Å². The molecule has 2 heterocycles. The fourth-order valence-corrected chi connectivity index (χ4v) is 4.64. The number of aromatic nitrogens is 2. The van der Waals surface area contributed by atoms with Crippen molar-refractivity contribution in [3.63, 3.8) is 0 Å². The summed E-state index contributed by atoms with van der Waals surface area (Å²) in [6.07, 6.45) is 1.50. The van der Waals surface area contributed by atoms with Gasteiger partial charge >= 0.3 is 5.97 Å². The molecule has 0 radical (unpaired) electrons. The number of esters is 1. The number of carbonyl (C=O) groups is 2. The van der Waals surface area contributed by atoms with Crippen LogP contribution in [0.5, 0.6) is 0 Å². The maximum absolute atomic E-state index is 12.2. The Bertz CT molecular complexity index is 965. The fraction of sp³-hybridized carbons (Fsp3) is 0.333. The Hall–Kier alpha value is -2.39. The zero-order valence-corrected chi connectivity index (χ0v) is 16.2. The Morgan fingerprint density at radius 2 is 2.22 bits per heavy atom. The number of nitrogens with one attached hydrogen (secondary N) is 1. The molecule has 3 aromatic rings. The number of amides is 1. The number of para-hydroxylation sites is 2. The van der Waals surface area contributed by atoms with Crippen molar-refractivity contribution in [3.8, 4) is 0 Å². The molecule has 9 heteroatoms. The quantitative estimate of drug-likeness (QED) is 0.496. The van der Waals surface area contributed by atoms with Crippen molar-refractivity contribution in [2.45, 2.75) is 30.9 Å². The minimum absolute atomic E-state index is 0.165. The van der Waals surface area contributed by atoms with Gasteiger partial charge in [0.15, 0.2) is 10.7 Å². The average molecular weight is 403 g/mol. The monoisotopic (exact) mass is 403 g/mol. The topological polar surface area (TPSA) is 94.3 Å². The molecule has 2 aromatic heterocycles. The van der Waals surface area contributed by atoms with Crippen molar-refractivity contribution < 1.29 is 18.7 Å². The van der Waals surface area contributed by atoms with Crippen LogP contribution < -0.4 is 5.32 Å². The molecule has 0 fully saturated rings. The fourth-order valence-electron chi connectivity index (χ4n) is 2.95. The molecule has 0 bridgehead atoms. The number of anilines is 1. The molecule has 0 unspecified atom stereocenters. The minimum atomic E-state index is -0.323.